The molecular formula is C44H26O2. The van der Waals surface area contributed by atoms with E-state index < -0.39 is 0 Å². The second-order valence-corrected chi connectivity index (χ2v) is 12.0. The number of furan rings is 1. The summed E-state index contributed by atoms with van der Waals surface area (Å²) in [5.74, 6) is 3.46. The number of para-hydroxylation sites is 1. The lowest BCUT2D eigenvalue weighted by atomic mass is 9.92. The van der Waals surface area contributed by atoms with Crippen molar-refractivity contribution in [3.05, 3.63) is 158 Å². The molecule has 1 aromatic heterocycles. The molecule has 0 bridgehead atoms. The summed E-state index contributed by atoms with van der Waals surface area (Å²) in [4.78, 5) is 0. The molecule has 2 nitrogen and oxygen atoms in total. The third-order valence-corrected chi connectivity index (χ3v) is 9.52. The van der Waals surface area contributed by atoms with Gasteiger partial charge in [0.25, 0.3) is 0 Å². The monoisotopic (exact) mass is 586 g/mol. The van der Waals surface area contributed by atoms with Crippen molar-refractivity contribution >= 4 is 43.1 Å². The highest BCUT2D eigenvalue weighted by molar-refractivity contribution is 6.25. The Hall–Kier alpha value is -6.12. The van der Waals surface area contributed by atoms with Gasteiger partial charge in [-0.15, -0.1) is 0 Å². The molecule has 214 valence electrons. The SMILES string of the molecule is c1ccc2c(c1)Oc1ccc(-c3ccc(-c4ccc(-c5ccc6c7ccccc7c7ccccc7c6c5)cc4)o3)c3cccc-2c13. The molecule has 0 saturated heterocycles. The molecule has 0 unspecified atom stereocenters. The van der Waals surface area contributed by atoms with E-state index in [9.17, 15) is 0 Å². The molecule has 10 rings (SSSR count). The minimum atomic E-state index is 0.843. The van der Waals surface area contributed by atoms with Crippen LogP contribution in [0, 0.1) is 0 Å². The summed E-state index contributed by atoms with van der Waals surface area (Å²) in [7, 11) is 0. The molecule has 0 saturated carbocycles. The fourth-order valence-corrected chi connectivity index (χ4v) is 7.35. The van der Waals surface area contributed by atoms with Crippen LogP contribution in [0.15, 0.2) is 162 Å². The lowest BCUT2D eigenvalue weighted by Crippen LogP contribution is -1.97. The third-order valence-electron chi connectivity index (χ3n) is 9.52. The van der Waals surface area contributed by atoms with Crippen LogP contribution in [0.5, 0.6) is 11.5 Å². The fraction of sp³-hybridized carbons (Fsp3) is 0. The lowest BCUT2D eigenvalue weighted by Gasteiger charge is -2.22. The Labute approximate surface area is 265 Å². The van der Waals surface area contributed by atoms with Crippen LogP contribution in [0.3, 0.4) is 0 Å². The van der Waals surface area contributed by atoms with Crippen LogP contribution >= 0.6 is 0 Å². The van der Waals surface area contributed by atoms with E-state index in [1.807, 2.05) is 12.1 Å². The molecule has 0 aliphatic carbocycles. The fourth-order valence-electron chi connectivity index (χ4n) is 7.35. The average Bonchev–Trinajstić information content (AvgIpc) is 3.62. The van der Waals surface area contributed by atoms with Crippen molar-refractivity contribution in [1.82, 2.24) is 0 Å². The molecule has 9 aromatic rings. The zero-order valence-corrected chi connectivity index (χ0v) is 24.8. The number of ether oxygens (including phenoxy) is 1. The maximum atomic E-state index is 6.52. The molecule has 2 heterocycles. The van der Waals surface area contributed by atoms with Gasteiger partial charge in [0.15, 0.2) is 0 Å². The summed E-state index contributed by atoms with van der Waals surface area (Å²) in [6, 6.07) is 56.0. The van der Waals surface area contributed by atoms with Crippen molar-refractivity contribution in [2.24, 2.45) is 0 Å². The van der Waals surface area contributed by atoms with Gasteiger partial charge in [-0.3, -0.25) is 0 Å². The van der Waals surface area contributed by atoms with Gasteiger partial charge in [-0.2, -0.15) is 0 Å². The third kappa shape index (κ3) is 3.71. The van der Waals surface area contributed by atoms with Crippen LogP contribution in [0.25, 0.3) is 88.0 Å². The molecule has 2 heteroatoms. The summed E-state index contributed by atoms with van der Waals surface area (Å²) in [5, 5.41) is 9.97. The first-order chi connectivity index (χ1) is 22.8. The van der Waals surface area contributed by atoms with Gasteiger partial charge in [0.2, 0.25) is 0 Å². The summed E-state index contributed by atoms with van der Waals surface area (Å²) in [5.41, 5.74) is 6.79. The summed E-state index contributed by atoms with van der Waals surface area (Å²) < 4.78 is 12.8. The van der Waals surface area contributed by atoms with E-state index in [4.69, 9.17) is 9.15 Å². The van der Waals surface area contributed by atoms with Gasteiger partial charge in [0.05, 0.1) is 0 Å². The Kier molecular flexibility index (Phi) is 5.31. The van der Waals surface area contributed by atoms with Gasteiger partial charge in [-0.25, -0.2) is 0 Å². The molecular weight excluding hydrogens is 560 g/mol. The molecule has 0 radical (unpaired) electrons. The molecule has 8 aromatic carbocycles. The van der Waals surface area contributed by atoms with Gasteiger partial charge in [-0.1, -0.05) is 121 Å². The predicted octanol–water partition coefficient (Wildman–Crippen LogP) is 12.7. The zero-order valence-electron chi connectivity index (χ0n) is 24.8. The quantitative estimate of drug-likeness (QED) is 0.192. The Morgan fingerprint density at radius 3 is 1.67 bits per heavy atom. The maximum absolute atomic E-state index is 6.52. The number of hydrogen-bond acceptors (Lipinski definition) is 2. The molecule has 0 atom stereocenters. The highest BCUT2D eigenvalue weighted by Gasteiger charge is 2.22. The van der Waals surface area contributed by atoms with E-state index in [1.165, 1.54) is 49.0 Å². The summed E-state index contributed by atoms with van der Waals surface area (Å²) in [6.45, 7) is 0. The number of fused-ring (bicyclic) bond motifs is 8. The molecule has 1 aliphatic rings. The zero-order chi connectivity index (χ0) is 30.2. The smallest absolute Gasteiger partial charge is 0.135 e. The Balaban J connectivity index is 1.02. The van der Waals surface area contributed by atoms with E-state index in [-0.39, 0.29) is 0 Å². The lowest BCUT2D eigenvalue weighted by molar-refractivity contribution is 0.487. The van der Waals surface area contributed by atoms with E-state index in [2.05, 4.69) is 146 Å². The van der Waals surface area contributed by atoms with Crippen LogP contribution in [0.1, 0.15) is 0 Å². The van der Waals surface area contributed by atoms with Crippen LogP contribution in [0.4, 0.5) is 0 Å². The van der Waals surface area contributed by atoms with E-state index >= 15 is 0 Å². The second kappa shape index (κ2) is 9.69. The minimum absolute atomic E-state index is 0.843. The first-order valence-corrected chi connectivity index (χ1v) is 15.7. The molecule has 0 N–H and O–H groups in total. The second-order valence-electron chi connectivity index (χ2n) is 12.0. The predicted molar refractivity (Wildman–Crippen MR) is 191 cm³/mol. The molecule has 0 fully saturated rings. The van der Waals surface area contributed by atoms with E-state index in [1.54, 1.807) is 0 Å². The number of benzene rings is 8. The van der Waals surface area contributed by atoms with Crippen molar-refractivity contribution in [2.45, 2.75) is 0 Å². The van der Waals surface area contributed by atoms with Crippen molar-refractivity contribution in [3.8, 4) is 56.4 Å². The van der Waals surface area contributed by atoms with Crippen LogP contribution < -0.4 is 4.74 Å². The highest BCUT2D eigenvalue weighted by Crippen LogP contribution is 2.48. The van der Waals surface area contributed by atoms with Crippen molar-refractivity contribution < 1.29 is 9.15 Å². The van der Waals surface area contributed by atoms with Gasteiger partial charge >= 0.3 is 0 Å². The first kappa shape index (κ1) is 25.2. The maximum Gasteiger partial charge on any atom is 0.135 e. The largest absolute Gasteiger partial charge is 0.456 e. The van der Waals surface area contributed by atoms with E-state index in [0.29, 0.717) is 0 Å². The molecule has 1 aliphatic heterocycles. The highest BCUT2D eigenvalue weighted by atomic mass is 16.5. The molecule has 46 heavy (non-hydrogen) atoms. The van der Waals surface area contributed by atoms with Crippen LogP contribution in [-0.2, 0) is 0 Å². The van der Waals surface area contributed by atoms with Crippen LogP contribution in [0.2, 0.25) is 0 Å². The summed E-state index contributed by atoms with van der Waals surface area (Å²) >= 11 is 0. The topological polar surface area (TPSA) is 22.4 Å². The summed E-state index contributed by atoms with van der Waals surface area (Å²) in [6.07, 6.45) is 0. The minimum Gasteiger partial charge on any atom is -0.456 e. The van der Waals surface area contributed by atoms with E-state index in [0.717, 1.165) is 50.5 Å². The first-order valence-electron chi connectivity index (χ1n) is 15.7. The van der Waals surface area contributed by atoms with Gasteiger partial charge in [0, 0.05) is 22.1 Å². The normalized spacial score (nSPS) is 12.1. The van der Waals surface area contributed by atoms with Crippen molar-refractivity contribution in [1.29, 1.82) is 0 Å². The Morgan fingerprint density at radius 2 is 0.891 bits per heavy atom. The Morgan fingerprint density at radius 1 is 0.304 bits per heavy atom. The molecule has 0 spiro atoms. The standard InChI is InChI=1S/C44H26O2/c1-2-10-32-30(8-1)31-9-3-4-11-33(31)39-26-29(20-21-34(32)39)27-16-18-28(19-17-27)40-24-25-42(45-40)36-22-23-43-44-37(13-7-14-38(36)44)35-12-5-6-15-41(35)46-43/h1-26H. The molecule has 0 amide bonds. The number of rotatable bonds is 3. The van der Waals surface area contributed by atoms with Gasteiger partial charge < -0.3 is 9.15 Å². The Bertz CT molecular complexity index is 2620. The van der Waals surface area contributed by atoms with Crippen molar-refractivity contribution in [3.63, 3.8) is 0 Å². The van der Waals surface area contributed by atoms with Crippen LogP contribution in [-0.4, -0.2) is 0 Å². The van der Waals surface area contributed by atoms with Gasteiger partial charge in [-0.05, 0) is 90.8 Å². The van der Waals surface area contributed by atoms with Crippen molar-refractivity contribution in [2.75, 3.05) is 0 Å². The number of hydrogen-bond donors (Lipinski definition) is 0. The van der Waals surface area contributed by atoms with Gasteiger partial charge in [0.1, 0.15) is 23.0 Å². The average molecular weight is 587 g/mol.